The Morgan fingerprint density at radius 1 is 1.44 bits per heavy atom. The Bertz CT molecular complexity index is 443. The molecule has 1 aromatic carbocycles. The third-order valence-electron chi connectivity index (χ3n) is 2.16. The second-order valence-electron chi connectivity index (χ2n) is 5.03. The minimum Gasteiger partial charge on any atom is -0.444 e. The summed E-state index contributed by atoms with van der Waals surface area (Å²) < 4.78 is 7.34. The molecule has 1 N–H and O–H groups in total. The topological polar surface area (TPSA) is 38.3 Å². The molecular weight excluding hydrogens is 409 g/mol. The van der Waals surface area contributed by atoms with Crippen molar-refractivity contribution in [3.05, 3.63) is 31.8 Å². The van der Waals surface area contributed by atoms with Crippen LogP contribution in [0.15, 0.2) is 22.7 Å². The number of alkyl carbamates (subject to hydrolysis) is 1. The molecule has 1 unspecified atom stereocenters. The van der Waals surface area contributed by atoms with E-state index in [9.17, 15) is 4.79 Å². The standard InChI is InChI=1S/C13H17BrINO2/c1-8(16-12(17)18-13(2,3)4)10-7-9(15)5-6-11(10)14/h5-8H,1-4H3,(H,16,17). The molecule has 0 radical (unpaired) electrons. The third kappa shape index (κ3) is 5.14. The van der Waals surface area contributed by atoms with Gasteiger partial charge in [0, 0.05) is 8.04 Å². The van der Waals surface area contributed by atoms with E-state index in [0.717, 1.165) is 13.6 Å². The van der Waals surface area contributed by atoms with Gasteiger partial charge in [-0.1, -0.05) is 15.9 Å². The number of carbonyl (C=O) groups excluding carboxylic acids is 1. The zero-order chi connectivity index (χ0) is 13.9. The molecule has 5 heteroatoms. The lowest BCUT2D eigenvalue weighted by Crippen LogP contribution is -2.34. The number of rotatable bonds is 2. The fraction of sp³-hybridized carbons (Fsp3) is 0.462. The van der Waals surface area contributed by atoms with E-state index >= 15 is 0 Å². The van der Waals surface area contributed by atoms with E-state index in [-0.39, 0.29) is 6.04 Å². The normalized spacial score (nSPS) is 13.0. The maximum absolute atomic E-state index is 11.7. The number of carbonyl (C=O) groups is 1. The molecule has 0 saturated heterocycles. The highest BCUT2D eigenvalue weighted by molar-refractivity contribution is 14.1. The first-order chi connectivity index (χ1) is 8.19. The molecule has 0 fully saturated rings. The fourth-order valence-electron chi connectivity index (χ4n) is 1.41. The molecule has 0 aliphatic heterocycles. The molecule has 1 aromatic rings. The molecular formula is C13H17BrINO2. The highest BCUT2D eigenvalue weighted by atomic mass is 127. The lowest BCUT2D eigenvalue weighted by atomic mass is 10.1. The zero-order valence-corrected chi connectivity index (χ0v) is 14.6. The van der Waals surface area contributed by atoms with Gasteiger partial charge in [0.05, 0.1) is 6.04 Å². The predicted octanol–water partition coefficient (Wildman–Crippen LogP) is 4.64. The summed E-state index contributed by atoms with van der Waals surface area (Å²) in [6.45, 7) is 7.47. The van der Waals surface area contributed by atoms with E-state index in [1.807, 2.05) is 45.9 Å². The van der Waals surface area contributed by atoms with Gasteiger partial charge in [-0.05, 0) is 74.0 Å². The molecule has 1 amide bonds. The fourth-order valence-corrected chi connectivity index (χ4v) is 2.51. The van der Waals surface area contributed by atoms with Crippen LogP contribution in [0, 0.1) is 3.57 Å². The molecule has 100 valence electrons. The Hall–Kier alpha value is -0.300. The van der Waals surface area contributed by atoms with Crippen molar-refractivity contribution in [1.29, 1.82) is 0 Å². The smallest absolute Gasteiger partial charge is 0.408 e. The molecule has 0 aliphatic carbocycles. The molecule has 1 atom stereocenters. The molecule has 0 heterocycles. The first kappa shape index (κ1) is 15.8. The first-order valence-electron chi connectivity index (χ1n) is 5.63. The van der Waals surface area contributed by atoms with Crippen LogP contribution in [0.5, 0.6) is 0 Å². The van der Waals surface area contributed by atoms with Crippen LogP contribution >= 0.6 is 38.5 Å². The summed E-state index contributed by atoms with van der Waals surface area (Å²) in [6, 6.07) is 5.91. The van der Waals surface area contributed by atoms with Gasteiger partial charge in [-0.3, -0.25) is 0 Å². The number of ether oxygens (including phenoxy) is 1. The Kier molecular flexibility index (Phi) is 5.46. The Morgan fingerprint density at radius 3 is 2.61 bits per heavy atom. The third-order valence-corrected chi connectivity index (χ3v) is 3.55. The molecule has 0 aliphatic rings. The van der Waals surface area contributed by atoms with Crippen molar-refractivity contribution >= 4 is 44.6 Å². The van der Waals surface area contributed by atoms with Gasteiger partial charge in [0.2, 0.25) is 0 Å². The summed E-state index contributed by atoms with van der Waals surface area (Å²) in [5.41, 5.74) is 0.555. The van der Waals surface area contributed by atoms with Crippen molar-refractivity contribution in [3.63, 3.8) is 0 Å². The quantitative estimate of drug-likeness (QED) is 0.701. The Labute approximate surface area is 130 Å². The average Bonchev–Trinajstić information content (AvgIpc) is 2.18. The summed E-state index contributed by atoms with van der Waals surface area (Å²) in [5.74, 6) is 0. The van der Waals surface area contributed by atoms with Crippen LogP contribution < -0.4 is 5.32 Å². The van der Waals surface area contributed by atoms with Crippen molar-refractivity contribution in [2.75, 3.05) is 0 Å². The maximum Gasteiger partial charge on any atom is 0.408 e. The zero-order valence-electron chi connectivity index (χ0n) is 10.9. The van der Waals surface area contributed by atoms with E-state index < -0.39 is 11.7 Å². The van der Waals surface area contributed by atoms with Crippen LogP contribution in [0.25, 0.3) is 0 Å². The van der Waals surface area contributed by atoms with Crippen LogP contribution in [-0.2, 0) is 4.74 Å². The summed E-state index contributed by atoms with van der Waals surface area (Å²) in [4.78, 5) is 11.7. The van der Waals surface area contributed by atoms with Crippen LogP contribution in [0.3, 0.4) is 0 Å². The summed E-state index contributed by atoms with van der Waals surface area (Å²) in [6.07, 6.45) is -0.402. The minimum absolute atomic E-state index is 0.107. The summed E-state index contributed by atoms with van der Waals surface area (Å²) >= 11 is 5.73. The van der Waals surface area contributed by atoms with Crippen LogP contribution in [-0.4, -0.2) is 11.7 Å². The van der Waals surface area contributed by atoms with Gasteiger partial charge in [0.15, 0.2) is 0 Å². The van der Waals surface area contributed by atoms with Crippen molar-refractivity contribution < 1.29 is 9.53 Å². The van der Waals surface area contributed by atoms with E-state index in [1.54, 1.807) is 0 Å². The van der Waals surface area contributed by atoms with Gasteiger partial charge in [0.25, 0.3) is 0 Å². The molecule has 18 heavy (non-hydrogen) atoms. The minimum atomic E-state index is -0.480. The van der Waals surface area contributed by atoms with Gasteiger partial charge in [-0.2, -0.15) is 0 Å². The molecule has 0 aromatic heterocycles. The highest BCUT2D eigenvalue weighted by Crippen LogP contribution is 2.25. The van der Waals surface area contributed by atoms with Gasteiger partial charge in [-0.25, -0.2) is 4.79 Å². The Morgan fingerprint density at radius 2 is 2.06 bits per heavy atom. The molecule has 0 bridgehead atoms. The van der Waals surface area contributed by atoms with Crippen molar-refractivity contribution in [1.82, 2.24) is 5.32 Å². The summed E-state index contributed by atoms with van der Waals surface area (Å²) in [7, 11) is 0. The van der Waals surface area contributed by atoms with Crippen LogP contribution in [0.4, 0.5) is 4.79 Å². The number of benzene rings is 1. The number of halogens is 2. The van der Waals surface area contributed by atoms with Crippen molar-refractivity contribution in [3.8, 4) is 0 Å². The lowest BCUT2D eigenvalue weighted by Gasteiger charge is -2.22. The number of amides is 1. The molecule has 0 saturated carbocycles. The maximum atomic E-state index is 11.7. The van der Waals surface area contributed by atoms with Gasteiger partial charge in [0.1, 0.15) is 5.60 Å². The van der Waals surface area contributed by atoms with E-state index in [1.165, 1.54) is 0 Å². The SMILES string of the molecule is CC(NC(=O)OC(C)(C)C)c1cc(I)ccc1Br. The van der Waals surface area contributed by atoms with E-state index in [2.05, 4.69) is 43.8 Å². The Balaban J connectivity index is 2.73. The van der Waals surface area contributed by atoms with Crippen molar-refractivity contribution in [2.45, 2.75) is 39.3 Å². The van der Waals surface area contributed by atoms with Gasteiger partial charge >= 0.3 is 6.09 Å². The predicted molar refractivity (Wildman–Crippen MR) is 84.6 cm³/mol. The van der Waals surface area contributed by atoms with Gasteiger partial charge < -0.3 is 10.1 Å². The largest absolute Gasteiger partial charge is 0.444 e. The van der Waals surface area contributed by atoms with E-state index in [4.69, 9.17) is 4.74 Å². The first-order valence-corrected chi connectivity index (χ1v) is 7.50. The molecule has 0 spiro atoms. The number of nitrogens with one attached hydrogen (secondary N) is 1. The number of hydrogen-bond acceptors (Lipinski definition) is 2. The van der Waals surface area contributed by atoms with Crippen LogP contribution in [0.1, 0.15) is 39.3 Å². The van der Waals surface area contributed by atoms with Gasteiger partial charge in [-0.15, -0.1) is 0 Å². The van der Waals surface area contributed by atoms with E-state index in [0.29, 0.717) is 0 Å². The van der Waals surface area contributed by atoms with Crippen LogP contribution in [0.2, 0.25) is 0 Å². The second-order valence-corrected chi connectivity index (χ2v) is 7.13. The second kappa shape index (κ2) is 6.23. The molecule has 1 rings (SSSR count). The average molecular weight is 426 g/mol. The monoisotopic (exact) mass is 425 g/mol. The summed E-state index contributed by atoms with van der Waals surface area (Å²) in [5, 5.41) is 2.83. The molecule has 3 nitrogen and oxygen atoms in total. The lowest BCUT2D eigenvalue weighted by molar-refractivity contribution is 0.0508. The van der Waals surface area contributed by atoms with Crippen molar-refractivity contribution in [2.24, 2.45) is 0 Å². The number of hydrogen-bond donors (Lipinski definition) is 1. The highest BCUT2D eigenvalue weighted by Gasteiger charge is 2.19.